The molecule has 6 nitrogen and oxygen atoms in total. The van der Waals surface area contributed by atoms with E-state index in [9.17, 15) is 13.2 Å². The van der Waals surface area contributed by atoms with Crippen LogP contribution >= 0.6 is 22.9 Å². The SMILES string of the molecule is Cc1cc(C)c(-c2csc(NC(=O)c3cc(S(=O)(=O)N(C)C)ccc3Cl)n2)c(C)c1. The molecule has 3 aromatic rings. The summed E-state index contributed by atoms with van der Waals surface area (Å²) < 4.78 is 25.8. The van der Waals surface area contributed by atoms with E-state index in [1.807, 2.05) is 26.2 Å². The number of rotatable bonds is 5. The number of hydrogen-bond donors (Lipinski definition) is 1. The third-order valence-corrected chi connectivity index (χ3v) is 7.52. The lowest BCUT2D eigenvalue weighted by Crippen LogP contribution is -2.23. The van der Waals surface area contributed by atoms with Gasteiger partial charge in [0.15, 0.2) is 5.13 Å². The number of anilines is 1. The Hall–Kier alpha value is -2.26. The molecule has 2 aromatic carbocycles. The van der Waals surface area contributed by atoms with E-state index >= 15 is 0 Å². The van der Waals surface area contributed by atoms with Crippen LogP contribution in [0.3, 0.4) is 0 Å². The summed E-state index contributed by atoms with van der Waals surface area (Å²) in [6.45, 7) is 6.11. The Labute approximate surface area is 185 Å². The largest absolute Gasteiger partial charge is 0.298 e. The van der Waals surface area contributed by atoms with E-state index in [4.69, 9.17) is 11.6 Å². The number of halogens is 1. The molecule has 158 valence electrons. The second-order valence-electron chi connectivity index (χ2n) is 7.19. The highest BCUT2D eigenvalue weighted by Crippen LogP contribution is 2.31. The second-order valence-corrected chi connectivity index (χ2v) is 10.6. The zero-order chi connectivity index (χ0) is 22.2. The molecule has 1 heterocycles. The number of thiazole rings is 1. The highest BCUT2D eigenvalue weighted by Gasteiger charge is 2.21. The zero-order valence-electron chi connectivity index (χ0n) is 17.3. The van der Waals surface area contributed by atoms with E-state index < -0.39 is 15.9 Å². The molecular weight excluding hydrogens is 442 g/mol. The highest BCUT2D eigenvalue weighted by molar-refractivity contribution is 7.89. The minimum Gasteiger partial charge on any atom is -0.298 e. The lowest BCUT2D eigenvalue weighted by atomic mass is 9.98. The number of amides is 1. The van der Waals surface area contributed by atoms with Crippen molar-refractivity contribution >= 4 is 44.0 Å². The number of carbonyl (C=O) groups excluding carboxylic acids is 1. The monoisotopic (exact) mass is 463 g/mol. The average Bonchev–Trinajstić information content (AvgIpc) is 3.08. The summed E-state index contributed by atoms with van der Waals surface area (Å²) in [4.78, 5) is 17.3. The number of nitrogens with one attached hydrogen (secondary N) is 1. The fourth-order valence-electron chi connectivity index (χ4n) is 3.24. The van der Waals surface area contributed by atoms with Crippen LogP contribution in [0, 0.1) is 20.8 Å². The number of sulfonamides is 1. The van der Waals surface area contributed by atoms with Crippen molar-refractivity contribution in [1.29, 1.82) is 0 Å². The first-order chi connectivity index (χ1) is 14.0. The molecule has 0 fully saturated rings. The second kappa shape index (κ2) is 8.47. The van der Waals surface area contributed by atoms with E-state index in [0.29, 0.717) is 5.13 Å². The minimum atomic E-state index is -3.69. The Kier molecular flexibility index (Phi) is 6.33. The summed E-state index contributed by atoms with van der Waals surface area (Å²) in [6, 6.07) is 8.24. The topological polar surface area (TPSA) is 79.4 Å². The molecule has 0 saturated heterocycles. The van der Waals surface area contributed by atoms with Crippen molar-refractivity contribution in [2.45, 2.75) is 25.7 Å². The summed E-state index contributed by atoms with van der Waals surface area (Å²) in [5.74, 6) is -0.519. The van der Waals surface area contributed by atoms with Gasteiger partial charge in [0.1, 0.15) is 0 Å². The predicted octanol–water partition coefficient (Wildman–Crippen LogP) is 4.89. The molecule has 0 saturated carbocycles. The van der Waals surface area contributed by atoms with Crippen LogP contribution in [0.25, 0.3) is 11.3 Å². The summed E-state index contributed by atoms with van der Waals surface area (Å²) >= 11 is 7.46. The first-order valence-corrected chi connectivity index (χ1v) is 11.8. The van der Waals surface area contributed by atoms with Crippen molar-refractivity contribution in [1.82, 2.24) is 9.29 Å². The van der Waals surface area contributed by atoms with Crippen LogP contribution in [0.4, 0.5) is 5.13 Å². The Bertz CT molecular complexity index is 1210. The van der Waals surface area contributed by atoms with Gasteiger partial charge in [0.2, 0.25) is 10.0 Å². The van der Waals surface area contributed by atoms with Gasteiger partial charge >= 0.3 is 0 Å². The van der Waals surface area contributed by atoms with Crippen LogP contribution in [0.2, 0.25) is 5.02 Å². The molecule has 0 atom stereocenters. The molecule has 9 heteroatoms. The molecule has 3 rings (SSSR count). The quantitative estimate of drug-likeness (QED) is 0.584. The molecule has 0 bridgehead atoms. The van der Waals surface area contributed by atoms with E-state index in [1.165, 1.54) is 49.2 Å². The maximum Gasteiger partial charge on any atom is 0.259 e. The van der Waals surface area contributed by atoms with Crippen LogP contribution in [-0.4, -0.2) is 37.7 Å². The third-order valence-electron chi connectivity index (χ3n) is 4.62. The normalized spacial score (nSPS) is 11.7. The van der Waals surface area contributed by atoms with Crippen molar-refractivity contribution in [3.05, 3.63) is 63.0 Å². The molecule has 0 aliphatic heterocycles. The Morgan fingerprint density at radius 2 is 1.73 bits per heavy atom. The summed E-state index contributed by atoms with van der Waals surface area (Å²) in [6.07, 6.45) is 0. The number of aryl methyl sites for hydroxylation is 3. The molecule has 0 aliphatic carbocycles. The van der Waals surface area contributed by atoms with Crippen LogP contribution in [0.5, 0.6) is 0 Å². The maximum atomic E-state index is 12.8. The van der Waals surface area contributed by atoms with E-state index in [2.05, 4.69) is 22.4 Å². The zero-order valence-corrected chi connectivity index (χ0v) is 19.7. The molecule has 0 aliphatic rings. The van der Waals surface area contributed by atoms with E-state index in [0.717, 1.165) is 26.7 Å². The van der Waals surface area contributed by atoms with Gasteiger partial charge < -0.3 is 0 Å². The fraction of sp³-hybridized carbons (Fsp3) is 0.238. The molecule has 1 aromatic heterocycles. The minimum absolute atomic E-state index is 0.00668. The van der Waals surface area contributed by atoms with Crippen molar-refractivity contribution < 1.29 is 13.2 Å². The predicted molar refractivity (Wildman–Crippen MR) is 122 cm³/mol. The van der Waals surface area contributed by atoms with Crippen LogP contribution < -0.4 is 5.32 Å². The first-order valence-electron chi connectivity index (χ1n) is 9.08. The number of carbonyl (C=O) groups is 1. The van der Waals surface area contributed by atoms with Gasteiger partial charge in [-0.3, -0.25) is 10.1 Å². The van der Waals surface area contributed by atoms with Gasteiger partial charge in [-0.1, -0.05) is 29.3 Å². The van der Waals surface area contributed by atoms with Gasteiger partial charge in [0.05, 0.1) is 21.2 Å². The fourth-order valence-corrected chi connectivity index (χ4v) is 5.07. The van der Waals surface area contributed by atoms with Gasteiger partial charge in [-0.15, -0.1) is 11.3 Å². The molecule has 1 amide bonds. The molecule has 0 unspecified atom stereocenters. The van der Waals surface area contributed by atoms with Crippen LogP contribution in [0.1, 0.15) is 27.0 Å². The highest BCUT2D eigenvalue weighted by atomic mass is 35.5. The average molecular weight is 464 g/mol. The van der Waals surface area contributed by atoms with Crippen molar-refractivity contribution in [3.8, 4) is 11.3 Å². The van der Waals surface area contributed by atoms with E-state index in [1.54, 1.807) is 0 Å². The number of hydrogen-bond acceptors (Lipinski definition) is 5. The van der Waals surface area contributed by atoms with Crippen LogP contribution in [-0.2, 0) is 10.0 Å². The molecule has 0 radical (unpaired) electrons. The Morgan fingerprint density at radius 1 is 1.10 bits per heavy atom. The summed E-state index contributed by atoms with van der Waals surface area (Å²) in [5.41, 5.74) is 5.29. The van der Waals surface area contributed by atoms with Gasteiger partial charge in [-0.25, -0.2) is 17.7 Å². The smallest absolute Gasteiger partial charge is 0.259 e. The molecule has 1 N–H and O–H groups in total. The molecule has 30 heavy (non-hydrogen) atoms. The van der Waals surface area contributed by atoms with Gasteiger partial charge in [0, 0.05) is 25.0 Å². The van der Waals surface area contributed by atoms with Crippen molar-refractivity contribution in [2.75, 3.05) is 19.4 Å². The van der Waals surface area contributed by atoms with Gasteiger partial charge in [-0.2, -0.15) is 0 Å². The third kappa shape index (κ3) is 4.41. The summed E-state index contributed by atoms with van der Waals surface area (Å²) in [5, 5.41) is 5.17. The number of aromatic nitrogens is 1. The maximum absolute atomic E-state index is 12.8. The lowest BCUT2D eigenvalue weighted by Gasteiger charge is -2.13. The first kappa shape index (κ1) is 22.4. The Morgan fingerprint density at radius 3 is 2.33 bits per heavy atom. The van der Waals surface area contributed by atoms with Crippen molar-refractivity contribution in [2.24, 2.45) is 0 Å². The van der Waals surface area contributed by atoms with Gasteiger partial charge in [-0.05, 0) is 50.1 Å². The Balaban J connectivity index is 1.90. The van der Waals surface area contributed by atoms with Crippen LogP contribution in [0.15, 0.2) is 40.6 Å². The number of nitrogens with zero attached hydrogens (tertiary/aromatic N) is 2. The van der Waals surface area contributed by atoms with Gasteiger partial charge in [0.25, 0.3) is 5.91 Å². The number of benzene rings is 2. The standard InChI is InChI=1S/C21H22ClN3O3S2/c1-12-8-13(2)19(14(3)9-12)18-11-29-21(23-18)24-20(26)16-10-15(6-7-17(16)22)30(27,28)25(4)5/h6-11H,1-5H3,(H,23,24,26). The van der Waals surface area contributed by atoms with Crippen molar-refractivity contribution in [3.63, 3.8) is 0 Å². The molecule has 0 spiro atoms. The lowest BCUT2D eigenvalue weighted by molar-refractivity contribution is 0.102. The summed E-state index contributed by atoms with van der Waals surface area (Å²) in [7, 11) is -0.833. The van der Waals surface area contributed by atoms with E-state index in [-0.39, 0.29) is 15.5 Å². The molecular formula is C21H22ClN3O3S2.